The van der Waals surface area contributed by atoms with Gasteiger partial charge in [0.25, 0.3) is 0 Å². The van der Waals surface area contributed by atoms with Gasteiger partial charge >= 0.3 is 0 Å². The van der Waals surface area contributed by atoms with Gasteiger partial charge in [0.05, 0.1) is 17.9 Å². The van der Waals surface area contributed by atoms with Crippen LogP contribution in [0, 0.1) is 5.41 Å². The summed E-state index contributed by atoms with van der Waals surface area (Å²) in [5.41, 5.74) is -0.524. The van der Waals surface area contributed by atoms with Gasteiger partial charge in [0.1, 0.15) is 5.75 Å². The normalized spacial score (nSPS) is 12.4. The van der Waals surface area contributed by atoms with Crippen LogP contribution in [0.5, 0.6) is 5.75 Å². The largest absolute Gasteiger partial charge is 0.479 e. The molecule has 0 N–H and O–H groups in total. The van der Waals surface area contributed by atoms with Gasteiger partial charge in [-0.15, -0.1) is 12.4 Å². The molecule has 2 rings (SSSR count). The van der Waals surface area contributed by atoms with Gasteiger partial charge in [0, 0.05) is 22.8 Å². The van der Waals surface area contributed by atoms with E-state index in [1.165, 1.54) is 0 Å². The first-order valence-corrected chi connectivity index (χ1v) is 7.65. The Hall–Kier alpha value is -1.23. The van der Waals surface area contributed by atoms with E-state index < -0.39 is 11.5 Å². The molecule has 0 fully saturated rings. The van der Waals surface area contributed by atoms with E-state index in [4.69, 9.17) is 27.9 Å². The van der Waals surface area contributed by atoms with Crippen LogP contribution in [0.2, 0.25) is 10.0 Å². The van der Waals surface area contributed by atoms with E-state index in [2.05, 4.69) is 4.98 Å². The molecule has 23 heavy (non-hydrogen) atoms. The number of benzene rings is 1. The van der Waals surface area contributed by atoms with Crippen molar-refractivity contribution < 1.29 is 9.53 Å². The lowest BCUT2D eigenvalue weighted by Gasteiger charge is -2.26. The first kappa shape index (κ1) is 19.8. The molecule has 7 heteroatoms. The molecular weight excluding hydrogens is 359 g/mol. The van der Waals surface area contributed by atoms with Gasteiger partial charge in [0.2, 0.25) is 0 Å². The second-order valence-electron chi connectivity index (χ2n) is 6.05. The predicted octanol–water partition coefficient (Wildman–Crippen LogP) is 4.67. The highest BCUT2D eigenvalue weighted by Gasteiger charge is 2.32. The average Bonchev–Trinajstić information content (AvgIpc) is 2.92. The smallest absolute Gasteiger partial charge is 0.180 e. The Morgan fingerprint density at radius 2 is 2.04 bits per heavy atom. The molecule has 4 nitrogen and oxygen atoms in total. The molecule has 0 bridgehead atoms. The highest BCUT2D eigenvalue weighted by atomic mass is 35.5. The summed E-state index contributed by atoms with van der Waals surface area (Å²) in [4.78, 5) is 16.6. The maximum Gasteiger partial charge on any atom is 0.180 e. The summed E-state index contributed by atoms with van der Waals surface area (Å²) in [6, 6.07) is 4.94. The monoisotopic (exact) mass is 376 g/mol. The fourth-order valence-corrected chi connectivity index (χ4v) is 2.42. The number of nitrogens with zero attached hydrogens (tertiary/aromatic N) is 2. The summed E-state index contributed by atoms with van der Waals surface area (Å²) in [6.07, 6.45) is 4.44. The van der Waals surface area contributed by atoms with E-state index in [-0.39, 0.29) is 18.2 Å². The SMILES string of the molecule is CC(C)(C)C(=O)C(Cn1ccnc1)Oc1ccc(Cl)cc1Cl.Cl. The third-order valence-corrected chi connectivity index (χ3v) is 3.66. The van der Waals surface area contributed by atoms with Crippen LogP contribution < -0.4 is 4.74 Å². The van der Waals surface area contributed by atoms with Gasteiger partial charge in [-0.2, -0.15) is 0 Å². The topological polar surface area (TPSA) is 44.1 Å². The van der Waals surface area contributed by atoms with Gasteiger partial charge in [-0.3, -0.25) is 4.79 Å². The minimum atomic E-state index is -0.659. The Kier molecular flexibility index (Phi) is 6.93. The number of carbonyl (C=O) groups is 1. The molecule has 1 heterocycles. The molecule has 0 aliphatic rings. The Morgan fingerprint density at radius 1 is 1.35 bits per heavy atom. The van der Waals surface area contributed by atoms with Crippen LogP contribution in [0.1, 0.15) is 20.8 Å². The van der Waals surface area contributed by atoms with Gasteiger partial charge in [-0.25, -0.2) is 4.98 Å². The molecule has 1 unspecified atom stereocenters. The lowest BCUT2D eigenvalue weighted by atomic mass is 9.87. The summed E-state index contributed by atoms with van der Waals surface area (Å²) in [5.74, 6) is 0.431. The molecule has 0 saturated heterocycles. The summed E-state index contributed by atoms with van der Waals surface area (Å²) in [6.45, 7) is 5.96. The quantitative estimate of drug-likeness (QED) is 0.760. The third kappa shape index (κ3) is 5.41. The van der Waals surface area contributed by atoms with Gasteiger partial charge < -0.3 is 9.30 Å². The Bertz CT molecular complexity index is 652. The number of imidazole rings is 1. The fourth-order valence-electron chi connectivity index (χ4n) is 1.97. The van der Waals surface area contributed by atoms with Crippen LogP contribution in [-0.4, -0.2) is 21.4 Å². The summed E-state index contributed by atoms with van der Waals surface area (Å²) >= 11 is 12.0. The summed E-state index contributed by atoms with van der Waals surface area (Å²) < 4.78 is 7.68. The van der Waals surface area contributed by atoms with E-state index >= 15 is 0 Å². The molecule has 126 valence electrons. The van der Waals surface area contributed by atoms with Crippen LogP contribution in [0.3, 0.4) is 0 Å². The molecule has 0 radical (unpaired) electrons. The van der Waals surface area contributed by atoms with Crippen LogP contribution in [0.15, 0.2) is 36.9 Å². The zero-order valence-corrected chi connectivity index (χ0v) is 15.5. The van der Waals surface area contributed by atoms with Gasteiger partial charge in [-0.05, 0) is 18.2 Å². The van der Waals surface area contributed by atoms with Crippen molar-refractivity contribution in [2.24, 2.45) is 5.41 Å². The van der Waals surface area contributed by atoms with E-state index in [1.54, 1.807) is 41.5 Å². The lowest BCUT2D eigenvalue weighted by molar-refractivity contribution is -0.134. The number of hydrogen-bond acceptors (Lipinski definition) is 3. The number of ketones is 1. The highest BCUT2D eigenvalue weighted by molar-refractivity contribution is 6.35. The van der Waals surface area contributed by atoms with Gasteiger partial charge in [-0.1, -0.05) is 44.0 Å². The standard InChI is InChI=1S/C16H18Cl2N2O2.ClH/c1-16(2,3)15(21)14(9-20-7-6-19-10-20)22-13-5-4-11(17)8-12(13)18;/h4-8,10,14H,9H2,1-3H3;1H. The number of halogens is 3. The average molecular weight is 378 g/mol. The first-order valence-electron chi connectivity index (χ1n) is 6.89. The first-order chi connectivity index (χ1) is 10.3. The van der Waals surface area contributed by atoms with Crippen molar-refractivity contribution in [2.75, 3.05) is 0 Å². The maximum absolute atomic E-state index is 12.6. The van der Waals surface area contributed by atoms with Crippen molar-refractivity contribution in [3.63, 3.8) is 0 Å². The van der Waals surface area contributed by atoms with Crippen LogP contribution in [0.4, 0.5) is 0 Å². The van der Waals surface area contributed by atoms with Gasteiger partial charge in [0.15, 0.2) is 11.9 Å². The molecule has 0 aliphatic heterocycles. The molecule has 2 aromatic rings. The third-order valence-electron chi connectivity index (χ3n) is 3.13. The zero-order chi connectivity index (χ0) is 16.3. The van der Waals surface area contributed by atoms with Crippen molar-refractivity contribution >= 4 is 41.4 Å². The van der Waals surface area contributed by atoms with E-state index in [9.17, 15) is 4.79 Å². The molecule has 0 saturated carbocycles. The number of ether oxygens (including phenoxy) is 1. The molecule has 0 spiro atoms. The lowest BCUT2D eigenvalue weighted by Crippen LogP contribution is -2.39. The molecular formula is C16H19Cl3N2O2. The molecule has 0 amide bonds. The molecule has 1 atom stereocenters. The second kappa shape index (κ2) is 8.04. The highest BCUT2D eigenvalue weighted by Crippen LogP contribution is 2.30. The molecule has 0 aliphatic carbocycles. The van der Waals surface area contributed by atoms with E-state index in [1.807, 2.05) is 20.8 Å². The molecule has 1 aromatic heterocycles. The molecule has 1 aromatic carbocycles. The minimum absolute atomic E-state index is 0. The number of aromatic nitrogens is 2. The number of Topliss-reactive ketones (excluding diaryl/α,β-unsaturated/α-hetero) is 1. The van der Waals surface area contributed by atoms with Crippen molar-refractivity contribution in [3.8, 4) is 5.75 Å². The van der Waals surface area contributed by atoms with Crippen molar-refractivity contribution in [3.05, 3.63) is 47.0 Å². The zero-order valence-electron chi connectivity index (χ0n) is 13.1. The fraction of sp³-hybridized carbons (Fsp3) is 0.375. The Morgan fingerprint density at radius 3 is 2.57 bits per heavy atom. The van der Waals surface area contributed by atoms with Crippen LogP contribution >= 0.6 is 35.6 Å². The Labute approximate surface area is 152 Å². The number of rotatable bonds is 5. The summed E-state index contributed by atoms with van der Waals surface area (Å²) in [7, 11) is 0. The number of hydrogen-bond donors (Lipinski definition) is 0. The van der Waals surface area contributed by atoms with Crippen LogP contribution in [-0.2, 0) is 11.3 Å². The predicted molar refractivity (Wildman–Crippen MR) is 94.8 cm³/mol. The number of carbonyl (C=O) groups excluding carboxylic acids is 1. The minimum Gasteiger partial charge on any atom is -0.479 e. The van der Waals surface area contributed by atoms with Crippen molar-refractivity contribution in [1.29, 1.82) is 0 Å². The van der Waals surface area contributed by atoms with E-state index in [0.717, 1.165) is 0 Å². The second-order valence-corrected chi connectivity index (χ2v) is 6.90. The Balaban J connectivity index is 0.00000264. The van der Waals surface area contributed by atoms with Crippen LogP contribution in [0.25, 0.3) is 0 Å². The summed E-state index contributed by atoms with van der Waals surface area (Å²) in [5, 5.41) is 0.899. The van der Waals surface area contributed by atoms with E-state index in [0.29, 0.717) is 22.3 Å². The maximum atomic E-state index is 12.6. The van der Waals surface area contributed by atoms with Crippen molar-refractivity contribution in [1.82, 2.24) is 9.55 Å². The van der Waals surface area contributed by atoms with Crippen molar-refractivity contribution in [2.45, 2.75) is 33.4 Å².